The van der Waals surface area contributed by atoms with E-state index in [4.69, 9.17) is 14.5 Å². The largest absolute Gasteiger partial charge is 0.465 e. The molecule has 0 saturated heterocycles. The van der Waals surface area contributed by atoms with Crippen molar-refractivity contribution in [2.24, 2.45) is 5.92 Å². The summed E-state index contributed by atoms with van der Waals surface area (Å²) in [5.41, 5.74) is -0.230. The average molecular weight is 549 g/mol. The second-order valence-corrected chi connectivity index (χ2v) is 10.7. The molecule has 0 unspecified atom stereocenters. The predicted molar refractivity (Wildman–Crippen MR) is 141 cm³/mol. The number of unbranched alkanes of at least 4 members (excludes halogenated alkanes) is 1. The molecule has 1 aliphatic rings. The second-order valence-electron chi connectivity index (χ2n) is 9.59. The number of nitrogens with zero attached hydrogens (tertiary/aromatic N) is 1. The number of esters is 1. The van der Waals surface area contributed by atoms with Crippen molar-refractivity contribution >= 4 is 39.1 Å². The number of alkyl halides is 3. The number of benzene rings is 2. The number of amides is 1. The minimum Gasteiger partial charge on any atom is -0.465 e. The molecule has 1 amide bonds. The Kier molecular flexibility index (Phi) is 9.04. The summed E-state index contributed by atoms with van der Waals surface area (Å²) in [5.74, 6) is -0.570. The van der Waals surface area contributed by atoms with Crippen LogP contribution in [0.3, 0.4) is 0 Å². The highest BCUT2D eigenvalue weighted by Gasteiger charge is 2.31. The first kappa shape index (κ1) is 28.0. The maximum absolute atomic E-state index is 13.1. The van der Waals surface area contributed by atoms with E-state index in [1.165, 1.54) is 30.6 Å². The average Bonchev–Trinajstić information content (AvgIpc) is 3.33. The summed E-state index contributed by atoms with van der Waals surface area (Å²) in [7, 11) is 1.22. The van der Waals surface area contributed by atoms with Gasteiger partial charge in [-0.2, -0.15) is 13.2 Å². The number of anilines is 1. The topological polar surface area (TPSA) is 77.5 Å². The normalized spacial score (nSPS) is 17.9. The molecule has 1 heterocycles. The first-order valence-corrected chi connectivity index (χ1v) is 13.6. The van der Waals surface area contributed by atoms with Crippen LogP contribution < -0.4 is 5.32 Å². The van der Waals surface area contributed by atoms with E-state index >= 15 is 0 Å². The quantitative estimate of drug-likeness (QED) is 0.222. The maximum atomic E-state index is 13.1. The van der Waals surface area contributed by atoms with Crippen LogP contribution in [0.15, 0.2) is 36.4 Å². The number of carbonyl (C=O) groups excluding carboxylic acids is 2. The van der Waals surface area contributed by atoms with E-state index in [9.17, 15) is 22.8 Å². The summed E-state index contributed by atoms with van der Waals surface area (Å²) in [6.07, 6.45) is 1.77. The zero-order valence-corrected chi connectivity index (χ0v) is 22.2. The lowest BCUT2D eigenvalue weighted by molar-refractivity contribution is -0.137. The Morgan fingerprint density at radius 3 is 2.58 bits per heavy atom. The minimum atomic E-state index is -4.58. The van der Waals surface area contributed by atoms with Gasteiger partial charge in [-0.1, -0.05) is 19.4 Å². The molecular weight excluding hydrogens is 517 g/mol. The van der Waals surface area contributed by atoms with Crippen molar-refractivity contribution in [2.45, 2.75) is 57.5 Å². The van der Waals surface area contributed by atoms with Crippen LogP contribution in [0.2, 0.25) is 0 Å². The number of hydrogen-bond acceptors (Lipinski definition) is 6. The van der Waals surface area contributed by atoms with Gasteiger partial charge in [0.15, 0.2) is 0 Å². The standard InChI is InChI=1S/C28H31F3N2O4S/c1-3-4-12-37-16-17-8-10-18(11-9-17)26-33-23-14-21(27(35)36-2)22(15-24(23)38-26)32-25(34)19-6-5-7-20(13-19)28(29,30)31/h5-7,13-15,17-18H,3-4,8-12,16H2,1-2H3,(H,32,34). The summed E-state index contributed by atoms with van der Waals surface area (Å²) in [4.78, 5) is 30.1. The van der Waals surface area contributed by atoms with E-state index in [0.717, 1.165) is 73.6 Å². The van der Waals surface area contributed by atoms with Crippen molar-refractivity contribution in [1.29, 1.82) is 0 Å². The number of halogens is 3. The smallest absolute Gasteiger partial charge is 0.416 e. The number of ether oxygens (including phenoxy) is 2. The number of hydrogen-bond donors (Lipinski definition) is 1. The molecule has 4 rings (SSSR count). The monoisotopic (exact) mass is 548 g/mol. The lowest BCUT2D eigenvalue weighted by Gasteiger charge is -2.27. The molecule has 3 aromatic rings. The Bertz CT molecular complexity index is 1280. The number of rotatable bonds is 9. The number of carbonyl (C=O) groups is 2. The summed E-state index contributed by atoms with van der Waals surface area (Å²) in [5, 5.41) is 3.57. The van der Waals surface area contributed by atoms with E-state index < -0.39 is 23.6 Å². The van der Waals surface area contributed by atoms with Crippen molar-refractivity contribution in [3.05, 3.63) is 58.1 Å². The van der Waals surface area contributed by atoms with Crippen molar-refractivity contribution in [3.8, 4) is 0 Å². The molecule has 0 atom stereocenters. The van der Waals surface area contributed by atoms with Gasteiger partial charge in [-0.3, -0.25) is 4.79 Å². The molecule has 1 fully saturated rings. The third-order valence-electron chi connectivity index (χ3n) is 6.84. The predicted octanol–water partition coefficient (Wildman–Crippen LogP) is 7.44. The van der Waals surface area contributed by atoms with Crippen molar-refractivity contribution in [2.75, 3.05) is 25.6 Å². The summed E-state index contributed by atoms with van der Waals surface area (Å²) < 4.78 is 50.8. The number of aromatic nitrogens is 1. The Morgan fingerprint density at radius 2 is 1.89 bits per heavy atom. The molecule has 1 N–H and O–H groups in total. The van der Waals surface area contributed by atoms with Gasteiger partial charge in [-0.05, 0) is 68.4 Å². The molecule has 10 heteroatoms. The van der Waals surface area contributed by atoms with Gasteiger partial charge in [0.2, 0.25) is 0 Å². The van der Waals surface area contributed by atoms with Gasteiger partial charge in [-0.25, -0.2) is 9.78 Å². The SMILES string of the molecule is CCCCOCC1CCC(c2nc3cc(C(=O)OC)c(NC(=O)c4cccc(C(F)(F)F)c4)cc3s2)CC1. The van der Waals surface area contributed by atoms with Crippen LogP contribution in [0.4, 0.5) is 18.9 Å². The molecule has 0 bridgehead atoms. The zero-order chi connectivity index (χ0) is 27.3. The molecule has 204 valence electrons. The van der Waals surface area contributed by atoms with Crippen LogP contribution in [-0.4, -0.2) is 37.2 Å². The van der Waals surface area contributed by atoms with Crippen LogP contribution in [-0.2, 0) is 15.7 Å². The first-order chi connectivity index (χ1) is 18.2. The Balaban J connectivity index is 1.52. The highest BCUT2D eigenvalue weighted by molar-refractivity contribution is 7.18. The molecule has 2 aromatic carbocycles. The van der Waals surface area contributed by atoms with Gasteiger partial charge in [0, 0.05) is 24.7 Å². The minimum absolute atomic E-state index is 0.0881. The maximum Gasteiger partial charge on any atom is 0.416 e. The van der Waals surface area contributed by atoms with Crippen LogP contribution in [0.1, 0.15) is 82.7 Å². The number of fused-ring (bicyclic) bond motifs is 1. The molecule has 0 aliphatic heterocycles. The van der Waals surface area contributed by atoms with Gasteiger partial charge in [0.05, 0.1) is 39.1 Å². The highest BCUT2D eigenvalue weighted by Crippen LogP contribution is 2.40. The fraction of sp³-hybridized carbons (Fsp3) is 0.464. The molecule has 1 aliphatic carbocycles. The van der Waals surface area contributed by atoms with Gasteiger partial charge in [-0.15, -0.1) is 11.3 Å². The fourth-order valence-electron chi connectivity index (χ4n) is 4.65. The first-order valence-electron chi connectivity index (χ1n) is 12.8. The third kappa shape index (κ3) is 6.71. The van der Waals surface area contributed by atoms with E-state index in [1.807, 2.05) is 0 Å². The molecule has 1 saturated carbocycles. The van der Waals surface area contributed by atoms with Crippen LogP contribution in [0.25, 0.3) is 10.2 Å². The van der Waals surface area contributed by atoms with E-state index in [-0.39, 0.29) is 16.8 Å². The van der Waals surface area contributed by atoms with Gasteiger partial charge in [0.25, 0.3) is 5.91 Å². The number of thiazole rings is 1. The van der Waals surface area contributed by atoms with Gasteiger partial charge >= 0.3 is 12.1 Å². The Hall–Kier alpha value is -2.98. The third-order valence-corrected chi connectivity index (χ3v) is 8.02. The summed E-state index contributed by atoms with van der Waals surface area (Å²) in [6.45, 7) is 3.75. The van der Waals surface area contributed by atoms with Crippen LogP contribution in [0, 0.1) is 5.92 Å². The lowest BCUT2D eigenvalue weighted by Crippen LogP contribution is -2.18. The fourth-order valence-corrected chi connectivity index (χ4v) is 5.81. The van der Waals surface area contributed by atoms with Crippen LogP contribution in [0.5, 0.6) is 0 Å². The summed E-state index contributed by atoms with van der Waals surface area (Å²) in [6, 6.07) is 7.34. The highest BCUT2D eigenvalue weighted by atomic mass is 32.1. The molecule has 0 radical (unpaired) electrons. The number of methoxy groups -OCH3 is 1. The molecule has 38 heavy (non-hydrogen) atoms. The van der Waals surface area contributed by atoms with Crippen molar-refractivity contribution in [3.63, 3.8) is 0 Å². The molecule has 6 nitrogen and oxygen atoms in total. The molecule has 0 spiro atoms. The van der Waals surface area contributed by atoms with E-state index in [1.54, 1.807) is 12.1 Å². The Morgan fingerprint density at radius 1 is 1.13 bits per heavy atom. The van der Waals surface area contributed by atoms with Crippen molar-refractivity contribution in [1.82, 2.24) is 4.98 Å². The van der Waals surface area contributed by atoms with E-state index in [0.29, 0.717) is 17.4 Å². The summed E-state index contributed by atoms with van der Waals surface area (Å²) >= 11 is 1.51. The number of nitrogens with one attached hydrogen (secondary N) is 1. The van der Waals surface area contributed by atoms with E-state index in [2.05, 4.69) is 12.2 Å². The van der Waals surface area contributed by atoms with Gasteiger partial charge < -0.3 is 14.8 Å². The molecule has 1 aromatic heterocycles. The zero-order valence-electron chi connectivity index (χ0n) is 21.4. The van der Waals surface area contributed by atoms with Gasteiger partial charge in [0.1, 0.15) is 0 Å². The Labute approximate surface area is 223 Å². The second kappa shape index (κ2) is 12.3. The lowest BCUT2D eigenvalue weighted by atomic mass is 9.83. The molecular formula is C28H31F3N2O4S. The van der Waals surface area contributed by atoms with Crippen molar-refractivity contribution < 1.29 is 32.2 Å². The van der Waals surface area contributed by atoms with Crippen LogP contribution >= 0.6 is 11.3 Å².